The molecule has 1 aliphatic rings. The molecule has 0 unspecified atom stereocenters. The second-order valence-electron chi connectivity index (χ2n) is 6.38. The first-order chi connectivity index (χ1) is 9.14. The van der Waals surface area contributed by atoms with E-state index in [9.17, 15) is 14.7 Å². The minimum absolute atomic E-state index is 0.0577. The van der Waals surface area contributed by atoms with Crippen molar-refractivity contribution < 1.29 is 19.4 Å². The maximum Gasteiger partial charge on any atom is 0.410 e. The maximum absolute atomic E-state index is 12.1. The van der Waals surface area contributed by atoms with E-state index in [1.807, 2.05) is 14.0 Å². The third kappa shape index (κ3) is 4.67. The number of carbonyl (C=O) groups is 2. The summed E-state index contributed by atoms with van der Waals surface area (Å²) in [5.74, 6) is -1.39. The summed E-state index contributed by atoms with van der Waals surface area (Å²) in [6, 6.07) is 0.0577. The number of likely N-dealkylation sites (N-methyl/N-ethyl adjacent to an activating group) is 1. The van der Waals surface area contributed by atoms with Gasteiger partial charge in [-0.2, -0.15) is 0 Å². The monoisotopic (exact) mass is 286 g/mol. The van der Waals surface area contributed by atoms with Gasteiger partial charge in [0.05, 0.1) is 5.92 Å². The van der Waals surface area contributed by atoms with Crippen molar-refractivity contribution >= 4 is 12.1 Å². The molecular formula is C14H26N2O4. The van der Waals surface area contributed by atoms with E-state index in [0.717, 1.165) is 6.54 Å². The summed E-state index contributed by atoms with van der Waals surface area (Å²) in [5.41, 5.74) is -0.570. The Kier molecular flexibility index (Phi) is 5.39. The molecule has 2 atom stereocenters. The Morgan fingerprint density at radius 3 is 2.40 bits per heavy atom. The van der Waals surface area contributed by atoms with Crippen LogP contribution >= 0.6 is 0 Å². The van der Waals surface area contributed by atoms with Crippen LogP contribution in [0, 0.1) is 5.92 Å². The first-order valence-corrected chi connectivity index (χ1v) is 7.05. The van der Waals surface area contributed by atoms with E-state index in [4.69, 9.17) is 4.74 Å². The molecular weight excluding hydrogens is 260 g/mol. The van der Waals surface area contributed by atoms with Crippen LogP contribution in [0.5, 0.6) is 0 Å². The van der Waals surface area contributed by atoms with Crippen LogP contribution in [0.15, 0.2) is 0 Å². The molecule has 1 rings (SSSR count). The predicted octanol–water partition coefficient (Wildman–Crippen LogP) is 1.65. The molecule has 0 spiro atoms. The highest BCUT2D eigenvalue weighted by molar-refractivity contribution is 5.73. The molecule has 0 aromatic rings. The highest BCUT2D eigenvalue weighted by Gasteiger charge is 2.36. The van der Waals surface area contributed by atoms with Crippen molar-refractivity contribution in [2.75, 3.05) is 26.7 Å². The molecule has 1 amide bonds. The fraction of sp³-hybridized carbons (Fsp3) is 0.857. The van der Waals surface area contributed by atoms with Gasteiger partial charge in [-0.15, -0.1) is 0 Å². The Bertz CT molecular complexity index is 365. The molecule has 20 heavy (non-hydrogen) atoms. The van der Waals surface area contributed by atoms with Gasteiger partial charge < -0.3 is 19.6 Å². The second-order valence-corrected chi connectivity index (χ2v) is 6.38. The lowest BCUT2D eigenvalue weighted by Crippen LogP contribution is -2.54. The molecule has 1 heterocycles. The van der Waals surface area contributed by atoms with Gasteiger partial charge >= 0.3 is 12.1 Å². The molecule has 1 aliphatic heterocycles. The molecule has 6 nitrogen and oxygen atoms in total. The molecule has 0 aromatic carbocycles. The van der Waals surface area contributed by atoms with Crippen LogP contribution in [0.3, 0.4) is 0 Å². The zero-order valence-corrected chi connectivity index (χ0v) is 13.0. The van der Waals surface area contributed by atoms with Gasteiger partial charge in [-0.05, 0) is 40.8 Å². The molecule has 0 aliphatic carbocycles. The summed E-state index contributed by atoms with van der Waals surface area (Å²) in [7, 11) is 1.95. The number of ether oxygens (including phenoxy) is 1. The molecule has 0 aromatic heterocycles. The molecule has 1 saturated heterocycles. The van der Waals surface area contributed by atoms with Gasteiger partial charge in [-0.1, -0.05) is 6.92 Å². The number of aliphatic carboxylic acids is 1. The first-order valence-electron chi connectivity index (χ1n) is 7.05. The lowest BCUT2D eigenvalue weighted by Gasteiger charge is -2.40. The van der Waals surface area contributed by atoms with Crippen molar-refractivity contribution in [3.05, 3.63) is 0 Å². The number of piperidine rings is 1. The van der Waals surface area contributed by atoms with E-state index in [1.54, 1.807) is 20.8 Å². The van der Waals surface area contributed by atoms with E-state index in [0.29, 0.717) is 13.0 Å². The van der Waals surface area contributed by atoms with Gasteiger partial charge in [0.2, 0.25) is 0 Å². The summed E-state index contributed by atoms with van der Waals surface area (Å²) < 4.78 is 5.34. The smallest absolute Gasteiger partial charge is 0.410 e. The van der Waals surface area contributed by atoms with Crippen molar-refractivity contribution in [3.8, 4) is 0 Å². The van der Waals surface area contributed by atoms with Crippen LogP contribution < -0.4 is 0 Å². The number of likely N-dealkylation sites (tertiary alicyclic amines) is 1. The van der Waals surface area contributed by atoms with E-state index in [-0.39, 0.29) is 12.6 Å². The average Bonchev–Trinajstić information content (AvgIpc) is 2.35. The third-order valence-electron chi connectivity index (χ3n) is 3.55. The Balaban J connectivity index is 2.79. The Morgan fingerprint density at radius 2 is 1.95 bits per heavy atom. The topological polar surface area (TPSA) is 70.1 Å². The Hall–Kier alpha value is -1.30. The number of rotatable bonds is 3. The summed E-state index contributed by atoms with van der Waals surface area (Å²) in [6.07, 6.45) is 0.136. The van der Waals surface area contributed by atoms with Gasteiger partial charge in [0.1, 0.15) is 5.60 Å². The third-order valence-corrected chi connectivity index (χ3v) is 3.55. The number of nitrogens with zero attached hydrogens (tertiary/aromatic N) is 2. The Labute approximate surface area is 120 Å². The van der Waals surface area contributed by atoms with Crippen LogP contribution in [0.4, 0.5) is 4.79 Å². The van der Waals surface area contributed by atoms with E-state index >= 15 is 0 Å². The fourth-order valence-electron chi connectivity index (χ4n) is 2.30. The van der Waals surface area contributed by atoms with Crippen molar-refractivity contribution in [3.63, 3.8) is 0 Å². The Morgan fingerprint density at radius 1 is 1.35 bits per heavy atom. The van der Waals surface area contributed by atoms with Crippen molar-refractivity contribution in [2.45, 2.75) is 45.8 Å². The largest absolute Gasteiger partial charge is 0.481 e. The highest BCUT2D eigenvalue weighted by atomic mass is 16.6. The highest BCUT2D eigenvalue weighted by Crippen LogP contribution is 2.22. The minimum atomic E-state index is -0.854. The summed E-state index contributed by atoms with van der Waals surface area (Å²) in [6.45, 7) is 8.99. The van der Waals surface area contributed by atoms with Crippen LogP contribution in [-0.2, 0) is 9.53 Å². The van der Waals surface area contributed by atoms with Crippen molar-refractivity contribution in [1.29, 1.82) is 0 Å². The fourth-order valence-corrected chi connectivity index (χ4v) is 2.30. The van der Waals surface area contributed by atoms with Gasteiger partial charge in [0.25, 0.3) is 0 Å². The van der Waals surface area contributed by atoms with Crippen LogP contribution in [0.2, 0.25) is 0 Å². The number of hydrogen-bond acceptors (Lipinski definition) is 4. The number of hydrogen-bond donors (Lipinski definition) is 1. The lowest BCUT2D eigenvalue weighted by molar-refractivity contribution is -0.144. The van der Waals surface area contributed by atoms with E-state index in [2.05, 4.69) is 4.90 Å². The summed E-state index contributed by atoms with van der Waals surface area (Å²) >= 11 is 0. The van der Waals surface area contributed by atoms with Gasteiger partial charge in [0, 0.05) is 19.1 Å². The number of carbonyl (C=O) groups excluding carboxylic acids is 1. The first kappa shape index (κ1) is 16.8. The number of carboxylic acid groups (broad SMARTS) is 1. The summed E-state index contributed by atoms with van der Waals surface area (Å²) in [4.78, 5) is 27.0. The summed E-state index contributed by atoms with van der Waals surface area (Å²) in [5, 5.41) is 9.25. The van der Waals surface area contributed by atoms with Crippen molar-refractivity contribution in [2.24, 2.45) is 5.92 Å². The second kappa shape index (κ2) is 6.43. The molecule has 116 valence electrons. The number of amides is 1. The van der Waals surface area contributed by atoms with Gasteiger partial charge in [0.15, 0.2) is 0 Å². The number of carboxylic acids is 1. The molecule has 6 heteroatoms. The standard InChI is InChI=1S/C14H26N2O4/c1-6-15(5)11-7-10(12(17)18)8-16(9-11)13(19)20-14(2,3)4/h10-11H,6-9H2,1-5H3,(H,17,18)/t10-,11-/m1/s1. The van der Waals surface area contributed by atoms with Crippen LogP contribution in [0.25, 0.3) is 0 Å². The minimum Gasteiger partial charge on any atom is -0.481 e. The molecule has 0 bridgehead atoms. The van der Waals surface area contributed by atoms with Gasteiger partial charge in [-0.25, -0.2) is 4.79 Å². The zero-order valence-electron chi connectivity index (χ0n) is 13.0. The van der Waals surface area contributed by atoms with Gasteiger partial charge in [-0.3, -0.25) is 4.79 Å². The zero-order chi connectivity index (χ0) is 15.5. The predicted molar refractivity (Wildman–Crippen MR) is 75.6 cm³/mol. The molecule has 0 radical (unpaired) electrons. The SMILES string of the molecule is CCN(C)[C@@H]1C[C@@H](C(=O)O)CN(C(=O)OC(C)(C)C)C1. The van der Waals surface area contributed by atoms with E-state index in [1.165, 1.54) is 4.90 Å². The average molecular weight is 286 g/mol. The normalized spacial score (nSPS) is 23.8. The quantitative estimate of drug-likeness (QED) is 0.854. The lowest BCUT2D eigenvalue weighted by atomic mass is 9.93. The molecule has 1 N–H and O–H groups in total. The van der Waals surface area contributed by atoms with E-state index < -0.39 is 23.6 Å². The van der Waals surface area contributed by atoms with Crippen molar-refractivity contribution in [1.82, 2.24) is 9.80 Å². The maximum atomic E-state index is 12.1. The van der Waals surface area contributed by atoms with Crippen LogP contribution in [-0.4, -0.2) is 65.3 Å². The molecule has 0 saturated carbocycles. The molecule has 1 fully saturated rings. The van der Waals surface area contributed by atoms with Crippen LogP contribution in [0.1, 0.15) is 34.1 Å².